The van der Waals surface area contributed by atoms with Crippen molar-refractivity contribution >= 4 is 23.2 Å². The molecule has 0 bridgehead atoms. The Kier molecular flexibility index (Phi) is 3.33. The number of oxazole rings is 1. The Morgan fingerprint density at radius 3 is 2.88 bits per heavy atom. The summed E-state index contributed by atoms with van der Waals surface area (Å²) in [5.41, 5.74) is 0.383. The maximum absolute atomic E-state index is 8.79. The van der Waals surface area contributed by atoms with E-state index in [1.54, 1.807) is 18.2 Å². The molecule has 0 amide bonds. The Hall–Kier alpha value is -1.23. The van der Waals surface area contributed by atoms with E-state index in [1.807, 2.05) is 0 Å². The van der Waals surface area contributed by atoms with E-state index >= 15 is 0 Å². The van der Waals surface area contributed by atoms with E-state index in [-0.39, 0.29) is 17.7 Å². The number of nitrogens with zero attached hydrogens (tertiary/aromatic N) is 1. The van der Waals surface area contributed by atoms with E-state index in [0.717, 1.165) is 0 Å². The number of aliphatic hydroxyl groups excluding tert-OH is 1. The fraction of sp³-hybridized carbons (Fsp3) is 0.100. The van der Waals surface area contributed by atoms with Crippen LogP contribution in [0, 0.1) is 0 Å². The maximum atomic E-state index is 8.79. The zero-order chi connectivity index (χ0) is 11.5. The minimum atomic E-state index is -0.212. The van der Waals surface area contributed by atoms with Crippen molar-refractivity contribution in [2.45, 2.75) is 6.61 Å². The number of ether oxygens (including phenoxy) is 1. The van der Waals surface area contributed by atoms with Gasteiger partial charge in [0.15, 0.2) is 5.75 Å². The van der Waals surface area contributed by atoms with Gasteiger partial charge >= 0.3 is 6.08 Å². The number of benzene rings is 1. The van der Waals surface area contributed by atoms with Crippen LogP contribution in [0.25, 0.3) is 0 Å². The van der Waals surface area contributed by atoms with E-state index in [2.05, 4.69) is 4.98 Å². The van der Waals surface area contributed by atoms with E-state index in [4.69, 9.17) is 37.5 Å². The highest BCUT2D eigenvalue weighted by Crippen LogP contribution is 2.34. The smallest absolute Gasteiger partial charge is 0.399 e. The largest absolute Gasteiger partial charge is 0.417 e. The second kappa shape index (κ2) is 4.74. The minimum Gasteiger partial charge on any atom is -0.417 e. The minimum absolute atomic E-state index is 0.00761. The molecule has 0 saturated carbocycles. The lowest BCUT2D eigenvalue weighted by atomic mass is 10.3. The molecule has 84 valence electrons. The number of rotatable bonds is 3. The molecule has 0 aliphatic rings. The molecule has 1 aromatic heterocycles. The summed E-state index contributed by atoms with van der Waals surface area (Å²) in [4.78, 5) is 3.85. The molecule has 4 nitrogen and oxygen atoms in total. The lowest BCUT2D eigenvalue weighted by Gasteiger charge is -2.03. The average molecular weight is 260 g/mol. The van der Waals surface area contributed by atoms with Crippen LogP contribution in [0.5, 0.6) is 11.8 Å². The molecule has 16 heavy (non-hydrogen) atoms. The van der Waals surface area contributed by atoms with Gasteiger partial charge in [0.25, 0.3) is 0 Å². The third-order valence-electron chi connectivity index (χ3n) is 1.81. The van der Waals surface area contributed by atoms with E-state index in [0.29, 0.717) is 16.5 Å². The van der Waals surface area contributed by atoms with Gasteiger partial charge in [-0.1, -0.05) is 29.3 Å². The molecular formula is C10H7Cl2NO3. The summed E-state index contributed by atoms with van der Waals surface area (Å²) >= 11 is 11.7. The first-order valence-electron chi connectivity index (χ1n) is 4.38. The van der Waals surface area contributed by atoms with Gasteiger partial charge in [0.1, 0.15) is 17.0 Å². The molecule has 1 N–H and O–H groups in total. The number of aromatic nitrogens is 1. The Morgan fingerprint density at radius 2 is 2.19 bits per heavy atom. The molecule has 1 aromatic carbocycles. The molecule has 0 fully saturated rings. The molecule has 0 saturated heterocycles. The van der Waals surface area contributed by atoms with Crippen LogP contribution in [0.1, 0.15) is 5.69 Å². The van der Waals surface area contributed by atoms with Crippen molar-refractivity contribution in [1.29, 1.82) is 0 Å². The molecule has 0 aliphatic carbocycles. The highest BCUT2D eigenvalue weighted by molar-refractivity contribution is 6.42. The first-order valence-corrected chi connectivity index (χ1v) is 5.13. The van der Waals surface area contributed by atoms with Gasteiger partial charge in [-0.3, -0.25) is 0 Å². The van der Waals surface area contributed by atoms with Crippen molar-refractivity contribution in [3.63, 3.8) is 0 Å². The molecule has 2 aromatic rings. The molecule has 0 unspecified atom stereocenters. The van der Waals surface area contributed by atoms with Gasteiger partial charge in [0, 0.05) is 0 Å². The van der Waals surface area contributed by atoms with E-state index in [1.165, 1.54) is 6.26 Å². The summed E-state index contributed by atoms with van der Waals surface area (Å²) < 4.78 is 10.2. The maximum Gasteiger partial charge on any atom is 0.399 e. The van der Waals surface area contributed by atoms with Crippen LogP contribution in [0.2, 0.25) is 10.0 Å². The summed E-state index contributed by atoms with van der Waals surface area (Å²) in [5.74, 6) is 0.348. The lowest BCUT2D eigenvalue weighted by Crippen LogP contribution is -1.87. The summed E-state index contributed by atoms with van der Waals surface area (Å²) in [7, 11) is 0. The summed E-state index contributed by atoms with van der Waals surface area (Å²) in [6.45, 7) is -0.212. The van der Waals surface area contributed by atoms with Crippen LogP contribution in [0.15, 0.2) is 28.9 Å². The van der Waals surface area contributed by atoms with Crippen LogP contribution in [-0.2, 0) is 6.61 Å². The van der Waals surface area contributed by atoms with Gasteiger partial charge in [-0.05, 0) is 12.1 Å². The van der Waals surface area contributed by atoms with Crippen molar-refractivity contribution in [2.24, 2.45) is 0 Å². The van der Waals surface area contributed by atoms with Crippen LogP contribution in [-0.4, -0.2) is 10.1 Å². The quantitative estimate of drug-likeness (QED) is 0.920. The summed E-state index contributed by atoms with van der Waals surface area (Å²) in [6.07, 6.45) is 1.31. The fourth-order valence-electron chi connectivity index (χ4n) is 1.06. The standard InChI is InChI=1S/C10H7Cl2NO3/c11-7-2-1-3-8(9(7)12)16-10-13-6(4-14)5-15-10/h1-3,5,14H,4H2. The monoisotopic (exact) mass is 259 g/mol. The van der Waals surface area contributed by atoms with Crippen LogP contribution < -0.4 is 4.74 Å². The normalized spacial score (nSPS) is 10.4. The van der Waals surface area contributed by atoms with Crippen molar-refractivity contribution in [2.75, 3.05) is 0 Å². The van der Waals surface area contributed by atoms with Gasteiger partial charge in [0.2, 0.25) is 0 Å². The lowest BCUT2D eigenvalue weighted by molar-refractivity contribution is 0.276. The highest BCUT2D eigenvalue weighted by Gasteiger charge is 2.10. The average Bonchev–Trinajstić information content (AvgIpc) is 2.73. The number of aliphatic hydroxyl groups is 1. The summed E-state index contributed by atoms with van der Waals surface area (Å²) in [5, 5.41) is 9.46. The molecule has 2 rings (SSSR count). The molecular weight excluding hydrogens is 253 g/mol. The van der Waals surface area contributed by atoms with E-state index in [9.17, 15) is 0 Å². The molecule has 6 heteroatoms. The Labute approximate surface area is 101 Å². The molecule has 0 radical (unpaired) electrons. The number of hydrogen-bond acceptors (Lipinski definition) is 4. The molecule has 0 atom stereocenters. The van der Waals surface area contributed by atoms with Crippen LogP contribution >= 0.6 is 23.2 Å². The molecule has 0 aliphatic heterocycles. The van der Waals surface area contributed by atoms with Gasteiger partial charge in [0.05, 0.1) is 11.6 Å². The summed E-state index contributed by atoms with van der Waals surface area (Å²) in [6, 6.07) is 4.97. The Balaban J connectivity index is 2.23. The topological polar surface area (TPSA) is 55.5 Å². The van der Waals surface area contributed by atoms with Crippen molar-refractivity contribution in [1.82, 2.24) is 4.98 Å². The van der Waals surface area contributed by atoms with Crippen molar-refractivity contribution in [3.05, 3.63) is 40.2 Å². The van der Waals surface area contributed by atoms with Crippen molar-refractivity contribution < 1.29 is 14.3 Å². The molecule has 1 heterocycles. The van der Waals surface area contributed by atoms with Gasteiger partial charge in [-0.15, -0.1) is 0 Å². The van der Waals surface area contributed by atoms with Gasteiger partial charge in [-0.2, -0.15) is 4.98 Å². The Morgan fingerprint density at radius 1 is 1.38 bits per heavy atom. The van der Waals surface area contributed by atoms with Crippen LogP contribution in [0.4, 0.5) is 0 Å². The third-order valence-corrected chi connectivity index (χ3v) is 2.61. The number of halogens is 2. The predicted molar refractivity (Wildman–Crippen MR) is 59.0 cm³/mol. The number of hydrogen-bond donors (Lipinski definition) is 1. The van der Waals surface area contributed by atoms with Crippen molar-refractivity contribution in [3.8, 4) is 11.8 Å². The third kappa shape index (κ3) is 2.29. The second-order valence-corrected chi connectivity index (χ2v) is 3.70. The second-order valence-electron chi connectivity index (χ2n) is 2.92. The fourth-order valence-corrected chi connectivity index (χ4v) is 1.40. The zero-order valence-corrected chi connectivity index (χ0v) is 9.50. The van der Waals surface area contributed by atoms with E-state index < -0.39 is 0 Å². The highest BCUT2D eigenvalue weighted by atomic mass is 35.5. The first kappa shape index (κ1) is 11.3. The molecule has 0 spiro atoms. The van der Waals surface area contributed by atoms with Crippen LogP contribution in [0.3, 0.4) is 0 Å². The Bertz CT molecular complexity index is 499. The van der Waals surface area contributed by atoms with Gasteiger partial charge < -0.3 is 14.3 Å². The zero-order valence-electron chi connectivity index (χ0n) is 7.98. The predicted octanol–water partition coefficient (Wildman–Crippen LogP) is 3.27. The SMILES string of the molecule is OCc1coc(Oc2cccc(Cl)c2Cl)n1. The van der Waals surface area contributed by atoms with Gasteiger partial charge in [-0.25, -0.2) is 0 Å². The first-order chi connectivity index (χ1) is 7.70.